The third kappa shape index (κ3) is 0.992. The summed E-state index contributed by atoms with van der Waals surface area (Å²) in [6, 6.07) is 0. The molecular weight excluding hydrogens is 112 g/mol. The number of carbonyl (C=O) groups excluding carboxylic acids is 1. The summed E-state index contributed by atoms with van der Waals surface area (Å²) in [5, 5.41) is 0. The van der Waals surface area contributed by atoms with Gasteiger partial charge in [0.05, 0.1) is 5.92 Å². The number of aldehydes is 1. The Morgan fingerprint density at radius 1 is 1.67 bits per heavy atom. The van der Waals surface area contributed by atoms with Gasteiger partial charge in [0.1, 0.15) is 6.29 Å². The fraction of sp³-hybridized carbons (Fsp3) is 0.125. The number of hydrogen-bond acceptors (Lipinski definition) is 1. The first kappa shape index (κ1) is 6.02. The zero-order valence-corrected chi connectivity index (χ0v) is 5.08. The lowest BCUT2D eigenvalue weighted by Gasteiger charge is -1.97. The van der Waals surface area contributed by atoms with Crippen LogP contribution >= 0.6 is 0 Å². The lowest BCUT2D eigenvalue weighted by molar-refractivity contribution is -0.109. The van der Waals surface area contributed by atoms with E-state index in [0.717, 1.165) is 11.9 Å². The van der Waals surface area contributed by atoms with E-state index in [4.69, 9.17) is 0 Å². The van der Waals surface area contributed by atoms with Crippen molar-refractivity contribution in [2.24, 2.45) is 5.92 Å². The second kappa shape index (κ2) is 2.44. The van der Waals surface area contributed by atoms with Crippen molar-refractivity contribution in [1.29, 1.82) is 0 Å². The van der Waals surface area contributed by atoms with Gasteiger partial charge in [-0.15, -0.1) is 0 Å². The molecule has 1 aliphatic rings. The van der Waals surface area contributed by atoms with E-state index in [9.17, 15) is 4.79 Å². The van der Waals surface area contributed by atoms with Gasteiger partial charge in [0.2, 0.25) is 0 Å². The largest absolute Gasteiger partial charge is 0.302 e. The molecule has 0 aromatic rings. The summed E-state index contributed by atoms with van der Waals surface area (Å²) < 4.78 is 0. The first-order valence-electron chi connectivity index (χ1n) is 2.84. The quantitative estimate of drug-likeness (QED) is 0.504. The molecule has 0 aliphatic heterocycles. The lowest BCUT2D eigenvalue weighted by Crippen LogP contribution is -1.95. The van der Waals surface area contributed by atoms with E-state index in [2.05, 4.69) is 6.58 Å². The van der Waals surface area contributed by atoms with Crippen molar-refractivity contribution < 1.29 is 4.79 Å². The van der Waals surface area contributed by atoms with Gasteiger partial charge in [-0.2, -0.15) is 0 Å². The maximum atomic E-state index is 10.2. The zero-order valence-electron chi connectivity index (χ0n) is 5.08. The van der Waals surface area contributed by atoms with Gasteiger partial charge in [0.25, 0.3) is 0 Å². The molecule has 1 aliphatic carbocycles. The van der Waals surface area contributed by atoms with Crippen molar-refractivity contribution in [1.82, 2.24) is 0 Å². The summed E-state index contributed by atoms with van der Waals surface area (Å²) >= 11 is 0. The second-order valence-electron chi connectivity index (χ2n) is 1.92. The van der Waals surface area contributed by atoms with E-state index in [1.54, 1.807) is 6.08 Å². The third-order valence-electron chi connectivity index (χ3n) is 1.37. The van der Waals surface area contributed by atoms with Gasteiger partial charge in [0.15, 0.2) is 0 Å². The number of hydrogen-bond donors (Lipinski definition) is 0. The van der Waals surface area contributed by atoms with E-state index < -0.39 is 0 Å². The molecule has 46 valence electrons. The van der Waals surface area contributed by atoms with Crippen LogP contribution in [-0.2, 0) is 4.79 Å². The van der Waals surface area contributed by atoms with Crippen LogP contribution in [0.25, 0.3) is 0 Å². The molecule has 1 atom stereocenters. The summed E-state index contributed by atoms with van der Waals surface area (Å²) in [5.41, 5.74) is 0.991. The standard InChI is InChI=1S/C8H8O/c1-2-7-4-3-5-8(7)6-9/h2-6,8H,1H2. The Labute approximate surface area is 54.4 Å². The average Bonchev–Trinajstić information content (AvgIpc) is 2.33. The molecule has 0 heterocycles. The highest BCUT2D eigenvalue weighted by Gasteiger charge is 2.08. The molecule has 1 unspecified atom stereocenters. The molecule has 0 N–H and O–H groups in total. The van der Waals surface area contributed by atoms with Crippen LogP contribution in [0.5, 0.6) is 0 Å². The summed E-state index contributed by atoms with van der Waals surface area (Å²) in [4.78, 5) is 10.2. The van der Waals surface area contributed by atoms with Gasteiger partial charge in [-0.3, -0.25) is 0 Å². The van der Waals surface area contributed by atoms with Crippen molar-refractivity contribution in [3.8, 4) is 0 Å². The minimum Gasteiger partial charge on any atom is -0.302 e. The molecule has 0 saturated carbocycles. The van der Waals surface area contributed by atoms with Crippen molar-refractivity contribution in [3.05, 3.63) is 36.5 Å². The summed E-state index contributed by atoms with van der Waals surface area (Å²) in [7, 11) is 0. The molecule has 1 heteroatoms. The van der Waals surface area contributed by atoms with Gasteiger partial charge in [0, 0.05) is 0 Å². The normalized spacial score (nSPS) is 23.6. The van der Waals surface area contributed by atoms with Crippen molar-refractivity contribution >= 4 is 6.29 Å². The van der Waals surface area contributed by atoms with E-state index >= 15 is 0 Å². The van der Waals surface area contributed by atoms with E-state index in [1.807, 2.05) is 18.2 Å². The maximum Gasteiger partial charge on any atom is 0.131 e. The smallest absolute Gasteiger partial charge is 0.131 e. The van der Waals surface area contributed by atoms with Gasteiger partial charge in [-0.05, 0) is 5.57 Å². The van der Waals surface area contributed by atoms with Gasteiger partial charge in [-0.25, -0.2) is 0 Å². The van der Waals surface area contributed by atoms with E-state index in [0.29, 0.717) is 0 Å². The fourth-order valence-corrected chi connectivity index (χ4v) is 0.837. The van der Waals surface area contributed by atoms with Crippen molar-refractivity contribution in [2.75, 3.05) is 0 Å². The average molecular weight is 120 g/mol. The maximum absolute atomic E-state index is 10.2. The van der Waals surface area contributed by atoms with E-state index in [1.165, 1.54) is 0 Å². The summed E-state index contributed by atoms with van der Waals surface area (Å²) in [6.07, 6.45) is 8.24. The SMILES string of the molecule is C=CC1=CC=CC1C=O. The summed E-state index contributed by atoms with van der Waals surface area (Å²) in [6.45, 7) is 3.57. The molecule has 0 saturated heterocycles. The molecule has 9 heavy (non-hydrogen) atoms. The number of rotatable bonds is 2. The van der Waals surface area contributed by atoms with Gasteiger partial charge in [-0.1, -0.05) is 30.9 Å². The lowest BCUT2D eigenvalue weighted by atomic mass is 10.1. The van der Waals surface area contributed by atoms with Crippen LogP contribution < -0.4 is 0 Å². The Kier molecular flexibility index (Phi) is 1.63. The molecule has 0 aromatic carbocycles. The molecular formula is C8H8O. The molecule has 0 radical (unpaired) electrons. The molecule has 0 fully saturated rings. The molecule has 0 aromatic heterocycles. The topological polar surface area (TPSA) is 17.1 Å². The number of carbonyl (C=O) groups is 1. The van der Waals surface area contributed by atoms with Gasteiger partial charge >= 0.3 is 0 Å². The van der Waals surface area contributed by atoms with Crippen molar-refractivity contribution in [3.63, 3.8) is 0 Å². The Morgan fingerprint density at radius 3 is 2.89 bits per heavy atom. The van der Waals surface area contributed by atoms with Crippen LogP contribution in [0.2, 0.25) is 0 Å². The van der Waals surface area contributed by atoms with Crippen molar-refractivity contribution in [2.45, 2.75) is 0 Å². The van der Waals surface area contributed by atoms with Crippen LogP contribution in [0.3, 0.4) is 0 Å². The Bertz CT molecular complexity index is 187. The molecule has 0 amide bonds. The molecule has 0 spiro atoms. The van der Waals surface area contributed by atoms with Crippen LogP contribution in [-0.4, -0.2) is 6.29 Å². The van der Waals surface area contributed by atoms with Crippen LogP contribution in [0.1, 0.15) is 0 Å². The number of allylic oxidation sites excluding steroid dienone is 5. The Morgan fingerprint density at radius 2 is 2.44 bits per heavy atom. The highest BCUT2D eigenvalue weighted by Crippen LogP contribution is 2.16. The van der Waals surface area contributed by atoms with Crippen LogP contribution in [0, 0.1) is 5.92 Å². The highest BCUT2D eigenvalue weighted by molar-refractivity contribution is 5.66. The first-order valence-corrected chi connectivity index (χ1v) is 2.84. The highest BCUT2D eigenvalue weighted by atomic mass is 16.1. The Hall–Kier alpha value is -1.11. The Balaban J connectivity index is 2.76. The molecule has 0 bridgehead atoms. The second-order valence-corrected chi connectivity index (χ2v) is 1.92. The first-order chi connectivity index (χ1) is 4.38. The third-order valence-corrected chi connectivity index (χ3v) is 1.37. The minimum absolute atomic E-state index is 0.0394. The fourth-order valence-electron chi connectivity index (χ4n) is 0.837. The minimum atomic E-state index is -0.0394. The molecule has 1 nitrogen and oxygen atoms in total. The summed E-state index contributed by atoms with van der Waals surface area (Å²) in [5.74, 6) is -0.0394. The zero-order chi connectivity index (χ0) is 6.69. The van der Waals surface area contributed by atoms with Gasteiger partial charge < -0.3 is 4.79 Å². The van der Waals surface area contributed by atoms with Crippen LogP contribution in [0.4, 0.5) is 0 Å². The predicted octanol–water partition coefficient (Wildman–Crippen LogP) is 1.48. The predicted molar refractivity (Wildman–Crippen MR) is 37.0 cm³/mol. The monoisotopic (exact) mass is 120 g/mol. The van der Waals surface area contributed by atoms with E-state index in [-0.39, 0.29) is 5.92 Å². The van der Waals surface area contributed by atoms with Crippen LogP contribution in [0.15, 0.2) is 36.5 Å². The molecule has 1 rings (SSSR count).